The zero-order chi connectivity index (χ0) is 14.5. The van der Waals surface area contributed by atoms with Crippen molar-refractivity contribution in [3.63, 3.8) is 0 Å². The van der Waals surface area contributed by atoms with E-state index in [1.807, 2.05) is 18.7 Å². The van der Waals surface area contributed by atoms with Crippen LogP contribution in [0.25, 0.3) is 0 Å². The number of anilines is 1. The highest BCUT2D eigenvalue weighted by Crippen LogP contribution is 2.26. The molecule has 0 amide bonds. The molecule has 1 fully saturated rings. The maximum atomic E-state index is 14.2. The van der Waals surface area contributed by atoms with Crippen molar-refractivity contribution in [3.05, 3.63) is 29.3 Å². The molecule has 0 radical (unpaired) electrons. The molecule has 4 heteroatoms. The molecule has 1 aromatic rings. The van der Waals surface area contributed by atoms with Crippen molar-refractivity contribution in [1.82, 2.24) is 5.32 Å². The quantitative estimate of drug-likeness (QED) is 0.779. The van der Waals surface area contributed by atoms with Gasteiger partial charge in [0.2, 0.25) is 0 Å². The smallest absolute Gasteiger partial charge is 0.149 e. The van der Waals surface area contributed by atoms with Crippen LogP contribution >= 0.6 is 0 Å². The second kappa shape index (κ2) is 7.02. The Balaban J connectivity index is 2.14. The van der Waals surface area contributed by atoms with Gasteiger partial charge in [-0.15, -0.1) is 0 Å². The molecule has 1 aliphatic carbocycles. The number of nitrogens with zero attached hydrogens (tertiary/aromatic N) is 1. The first-order chi connectivity index (χ1) is 9.65. The van der Waals surface area contributed by atoms with Gasteiger partial charge >= 0.3 is 0 Å². The van der Waals surface area contributed by atoms with Gasteiger partial charge in [0.1, 0.15) is 17.3 Å². The first kappa shape index (κ1) is 15.2. The minimum absolute atomic E-state index is 0.129. The van der Waals surface area contributed by atoms with Gasteiger partial charge in [-0.05, 0) is 43.4 Å². The Bertz CT molecular complexity index is 415. The van der Waals surface area contributed by atoms with Gasteiger partial charge in [-0.25, -0.2) is 8.78 Å². The lowest BCUT2D eigenvalue weighted by molar-refractivity contribution is 0.560. The molecule has 0 spiro atoms. The summed E-state index contributed by atoms with van der Waals surface area (Å²) in [6, 6.07) is 3.47. The van der Waals surface area contributed by atoms with Crippen molar-refractivity contribution in [2.45, 2.75) is 52.1 Å². The fraction of sp³-hybridized carbons (Fsp3) is 0.625. The average molecular weight is 282 g/mol. The molecule has 20 heavy (non-hydrogen) atoms. The summed E-state index contributed by atoms with van der Waals surface area (Å²) in [7, 11) is 0. The summed E-state index contributed by atoms with van der Waals surface area (Å²) in [5.74, 6) is -0.890. The summed E-state index contributed by atoms with van der Waals surface area (Å²) >= 11 is 0. The largest absolute Gasteiger partial charge is 0.367 e. The van der Waals surface area contributed by atoms with Crippen LogP contribution in [0.3, 0.4) is 0 Å². The highest BCUT2D eigenvalue weighted by Gasteiger charge is 2.21. The molecule has 2 nitrogen and oxygen atoms in total. The molecule has 0 saturated heterocycles. The SMILES string of the molecule is CCCN(CCC)c1c(F)cc(CNC2CC2)cc1F. The van der Waals surface area contributed by atoms with Crippen LogP contribution in [0.1, 0.15) is 45.1 Å². The van der Waals surface area contributed by atoms with Gasteiger partial charge in [-0.2, -0.15) is 0 Å². The second-order valence-electron chi connectivity index (χ2n) is 5.55. The average Bonchev–Trinajstić information content (AvgIpc) is 3.20. The van der Waals surface area contributed by atoms with Crippen LogP contribution in [0, 0.1) is 11.6 Å². The van der Waals surface area contributed by atoms with Crippen LogP contribution in [-0.2, 0) is 6.54 Å². The first-order valence-corrected chi connectivity index (χ1v) is 7.62. The number of rotatable bonds is 8. The summed E-state index contributed by atoms with van der Waals surface area (Å²) in [6.07, 6.45) is 4.10. The third kappa shape index (κ3) is 3.92. The predicted molar refractivity (Wildman–Crippen MR) is 79.0 cm³/mol. The van der Waals surface area contributed by atoms with Crippen LogP contribution in [0.15, 0.2) is 12.1 Å². The maximum absolute atomic E-state index is 14.2. The molecule has 0 atom stereocenters. The Kier molecular flexibility index (Phi) is 5.35. The topological polar surface area (TPSA) is 15.3 Å². The van der Waals surface area contributed by atoms with E-state index in [1.54, 1.807) is 0 Å². The van der Waals surface area contributed by atoms with E-state index in [9.17, 15) is 8.78 Å². The van der Waals surface area contributed by atoms with Crippen LogP contribution < -0.4 is 10.2 Å². The molecule has 0 unspecified atom stereocenters. The minimum atomic E-state index is -0.445. The lowest BCUT2D eigenvalue weighted by atomic mass is 10.1. The molecule has 0 heterocycles. The van der Waals surface area contributed by atoms with Gasteiger partial charge in [-0.3, -0.25) is 0 Å². The first-order valence-electron chi connectivity index (χ1n) is 7.62. The summed E-state index contributed by atoms with van der Waals surface area (Å²) < 4.78 is 28.5. The van der Waals surface area contributed by atoms with Gasteiger partial charge in [0.25, 0.3) is 0 Å². The Morgan fingerprint density at radius 3 is 2.10 bits per heavy atom. The zero-order valence-corrected chi connectivity index (χ0v) is 12.4. The lowest BCUT2D eigenvalue weighted by Crippen LogP contribution is -2.27. The Labute approximate surface area is 120 Å². The molecular formula is C16H24F2N2. The molecule has 1 aliphatic rings. The molecule has 0 bridgehead atoms. The van der Waals surface area contributed by atoms with Crippen molar-refractivity contribution < 1.29 is 8.78 Å². The Morgan fingerprint density at radius 2 is 1.65 bits per heavy atom. The van der Waals surface area contributed by atoms with Gasteiger partial charge in [0, 0.05) is 25.7 Å². The monoisotopic (exact) mass is 282 g/mol. The highest BCUT2D eigenvalue weighted by molar-refractivity contribution is 5.50. The number of nitrogens with one attached hydrogen (secondary N) is 1. The van der Waals surface area contributed by atoms with Crippen LogP contribution in [0.2, 0.25) is 0 Å². The number of hydrogen-bond acceptors (Lipinski definition) is 2. The molecule has 1 aromatic carbocycles. The third-order valence-electron chi connectivity index (χ3n) is 3.55. The van der Waals surface area contributed by atoms with Gasteiger partial charge in [0.15, 0.2) is 0 Å². The Morgan fingerprint density at radius 1 is 1.10 bits per heavy atom. The van der Waals surface area contributed by atoms with E-state index < -0.39 is 11.6 Å². The van der Waals surface area contributed by atoms with Crippen LogP contribution in [-0.4, -0.2) is 19.1 Å². The van der Waals surface area contributed by atoms with E-state index >= 15 is 0 Å². The van der Waals surface area contributed by atoms with Gasteiger partial charge in [0.05, 0.1) is 0 Å². The molecule has 2 rings (SSSR count). The normalized spacial score (nSPS) is 14.6. The van der Waals surface area contributed by atoms with Crippen LogP contribution in [0.5, 0.6) is 0 Å². The summed E-state index contributed by atoms with van der Waals surface area (Å²) in [4.78, 5) is 1.81. The molecule has 0 aromatic heterocycles. The second-order valence-corrected chi connectivity index (χ2v) is 5.55. The van der Waals surface area contributed by atoms with Crippen molar-refractivity contribution in [2.75, 3.05) is 18.0 Å². The van der Waals surface area contributed by atoms with Crippen LogP contribution in [0.4, 0.5) is 14.5 Å². The Hall–Kier alpha value is -1.16. The zero-order valence-electron chi connectivity index (χ0n) is 12.4. The molecule has 1 saturated carbocycles. The molecule has 0 aliphatic heterocycles. The van der Waals surface area contributed by atoms with Gasteiger partial charge < -0.3 is 10.2 Å². The number of halogens is 2. The highest BCUT2D eigenvalue weighted by atomic mass is 19.1. The predicted octanol–water partition coefficient (Wildman–Crippen LogP) is 3.84. The van der Waals surface area contributed by atoms with E-state index in [-0.39, 0.29) is 5.69 Å². The fourth-order valence-electron chi connectivity index (χ4n) is 2.45. The standard InChI is InChI=1S/C16H24F2N2/c1-3-7-20(8-4-2)16-14(17)9-12(10-15(16)18)11-19-13-5-6-13/h9-10,13,19H,3-8,11H2,1-2H3. The van der Waals surface area contributed by atoms with Crippen molar-refractivity contribution >= 4 is 5.69 Å². The third-order valence-corrected chi connectivity index (χ3v) is 3.55. The molecular weight excluding hydrogens is 258 g/mol. The van der Waals surface area contributed by atoms with E-state index in [0.29, 0.717) is 31.2 Å². The van der Waals surface area contributed by atoms with Gasteiger partial charge in [-0.1, -0.05) is 13.8 Å². The van der Waals surface area contributed by atoms with E-state index in [2.05, 4.69) is 5.32 Å². The van der Waals surface area contributed by atoms with E-state index in [1.165, 1.54) is 25.0 Å². The summed E-state index contributed by atoms with van der Waals surface area (Å²) in [5.41, 5.74) is 0.812. The van der Waals surface area contributed by atoms with E-state index in [0.717, 1.165) is 12.8 Å². The molecule has 1 N–H and O–H groups in total. The fourth-order valence-corrected chi connectivity index (χ4v) is 2.45. The lowest BCUT2D eigenvalue weighted by Gasteiger charge is -2.25. The minimum Gasteiger partial charge on any atom is -0.367 e. The van der Waals surface area contributed by atoms with E-state index in [4.69, 9.17) is 0 Å². The van der Waals surface area contributed by atoms with Crippen molar-refractivity contribution in [3.8, 4) is 0 Å². The summed E-state index contributed by atoms with van der Waals surface area (Å²) in [6.45, 7) is 5.95. The number of benzene rings is 1. The van der Waals surface area contributed by atoms with Crippen molar-refractivity contribution in [2.24, 2.45) is 0 Å². The van der Waals surface area contributed by atoms with Crippen molar-refractivity contribution in [1.29, 1.82) is 0 Å². The number of hydrogen-bond donors (Lipinski definition) is 1. The summed E-state index contributed by atoms with van der Waals surface area (Å²) in [5, 5.41) is 3.28. The maximum Gasteiger partial charge on any atom is 0.149 e. The molecule has 112 valence electrons.